The Morgan fingerprint density at radius 1 is 1.20 bits per heavy atom. The number of nitrogens with zero attached hydrogens (tertiary/aromatic N) is 7. The van der Waals surface area contributed by atoms with E-state index in [1.165, 1.54) is 23.0 Å². The molecule has 12 heteroatoms. The van der Waals surface area contributed by atoms with Crippen LogP contribution in [0.5, 0.6) is 0 Å². The minimum atomic E-state index is -0.699. The fourth-order valence-electron chi connectivity index (χ4n) is 4.46. The fourth-order valence-corrected chi connectivity index (χ4v) is 5.18. The highest BCUT2D eigenvalue weighted by molar-refractivity contribution is 7.14. The van der Waals surface area contributed by atoms with Gasteiger partial charge in [-0.3, -0.25) is 18.7 Å². The van der Waals surface area contributed by atoms with E-state index in [9.17, 15) is 14.4 Å². The molecule has 5 heterocycles. The Morgan fingerprint density at radius 2 is 1.94 bits per heavy atom. The summed E-state index contributed by atoms with van der Waals surface area (Å²) in [4.78, 5) is 53.7. The van der Waals surface area contributed by atoms with Gasteiger partial charge in [0.1, 0.15) is 11.6 Å². The molecule has 0 aliphatic carbocycles. The molecule has 11 nitrogen and oxygen atoms in total. The van der Waals surface area contributed by atoms with E-state index < -0.39 is 17.3 Å². The first kappa shape index (κ1) is 23.0. The number of aromatic nitrogens is 6. The van der Waals surface area contributed by atoms with E-state index in [1.807, 2.05) is 5.38 Å². The molecule has 5 rings (SSSR count). The summed E-state index contributed by atoms with van der Waals surface area (Å²) in [6.45, 7) is 4.83. The largest absolute Gasteiger partial charge is 0.338 e. The number of fused-ring (bicyclic) bond motifs is 1. The highest BCUT2D eigenvalue weighted by Gasteiger charge is 2.23. The number of carbonyl (C=O) groups is 1. The molecule has 2 unspecified atom stereocenters. The van der Waals surface area contributed by atoms with Gasteiger partial charge in [-0.15, -0.1) is 11.3 Å². The van der Waals surface area contributed by atoms with Gasteiger partial charge in [-0.25, -0.2) is 19.7 Å². The average molecular weight is 495 g/mol. The Hall–Kier alpha value is -3.80. The second kappa shape index (κ2) is 8.77. The Balaban J connectivity index is 1.34. The SMILES string of the molecule is CC1CCCN1c1ncc(-c2csc(NC(=O)C(C)n3ccc4c3c(=O)n(C)c(=O)n4C)n2)cn1. The van der Waals surface area contributed by atoms with Crippen molar-refractivity contribution in [2.45, 2.75) is 38.8 Å². The molecule has 1 fully saturated rings. The third-order valence-corrected chi connectivity index (χ3v) is 7.37. The van der Waals surface area contributed by atoms with Crippen LogP contribution in [0.15, 0.2) is 39.6 Å². The van der Waals surface area contributed by atoms with Crippen molar-refractivity contribution in [3.8, 4) is 11.3 Å². The standard InChI is InChI=1S/C23H26N8O3S/c1-13-6-5-8-30(13)21-24-10-15(11-25-21)16-12-35-22(26-16)27-19(32)14(2)31-9-7-17-18(31)20(33)29(4)23(34)28(17)3/h7,9-14H,5-6,8H2,1-4H3,(H,26,27,32). The van der Waals surface area contributed by atoms with Crippen molar-refractivity contribution in [3.63, 3.8) is 0 Å². The summed E-state index contributed by atoms with van der Waals surface area (Å²) in [6.07, 6.45) is 7.43. The van der Waals surface area contributed by atoms with Gasteiger partial charge in [-0.1, -0.05) is 0 Å². The normalized spacial score (nSPS) is 16.7. The number of nitrogens with one attached hydrogen (secondary N) is 1. The molecule has 0 radical (unpaired) electrons. The molecular weight excluding hydrogens is 468 g/mol. The van der Waals surface area contributed by atoms with Crippen LogP contribution in [0.2, 0.25) is 0 Å². The molecule has 2 atom stereocenters. The summed E-state index contributed by atoms with van der Waals surface area (Å²) in [6, 6.07) is 1.40. The molecule has 0 bridgehead atoms. The summed E-state index contributed by atoms with van der Waals surface area (Å²) in [5, 5.41) is 5.11. The van der Waals surface area contributed by atoms with Gasteiger partial charge in [-0.05, 0) is 32.8 Å². The molecular formula is C23H26N8O3S. The average Bonchev–Trinajstić information content (AvgIpc) is 3.61. The van der Waals surface area contributed by atoms with Crippen molar-refractivity contribution in [1.29, 1.82) is 0 Å². The second-order valence-corrected chi connectivity index (χ2v) is 9.68. The van der Waals surface area contributed by atoms with E-state index in [2.05, 4.69) is 32.1 Å². The van der Waals surface area contributed by atoms with Crippen LogP contribution < -0.4 is 21.5 Å². The van der Waals surface area contributed by atoms with Gasteiger partial charge in [0, 0.05) is 56.2 Å². The summed E-state index contributed by atoms with van der Waals surface area (Å²) in [7, 11) is 3.02. The van der Waals surface area contributed by atoms with Gasteiger partial charge in [0.15, 0.2) is 5.13 Å². The molecule has 1 amide bonds. The Bertz CT molecular complexity index is 1530. The summed E-state index contributed by atoms with van der Waals surface area (Å²) >= 11 is 1.30. The van der Waals surface area contributed by atoms with Gasteiger partial charge in [-0.2, -0.15) is 0 Å². The lowest BCUT2D eigenvalue weighted by Crippen LogP contribution is -2.38. The van der Waals surface area contributed by atoms with Crippen LogP contribution in [0.3, 0.4) is 0 Å². The van der Waals surface area contributed by atoms with Gasteiger partial charge in [0.25, 0.3) is 5.56 Å². The second-order valence-electron chi connectivity index (χ2n) is 8.82. The predicted molar refractivity (Wildman–Crippen MR) is 135 cm³/mol. The van der Waals surface area contributed by atoms with Crippen molar-refractivity contribution in [1.82, 2.24) is 28.7 Å². The molecule has 0 saturated carbocycles. The van der Waals surface area contributed by atoms with Gasteiger partial charge >= 0.3 is 5.69 Å². The topological polar surface area (TPSA) is 120 Å². The maximum atomic E-state index is 13.0. The lowest BCUT2D eigenvalue weighted by molar-refractivity contribution is -0.118. The maximum Gasteiger partial charge on any atom is 0.331 e. The van der Waals surface area contributed by atoms with E-state index in [4.69, 9.17) is 0 Å². The van der Waals surface area contributed by atoms with Crippen LogP contribution in [0.4, 0.5) is 11.1 Å². The number of hydrogen-bond donors (Lipinski definition) is 1. The number of aryl methyl sites for hydroxylation is 1. The van der Waals surface area contributed by atoms with E-state index in [0.717, 1.165) is 35.5 Å². The number of thiazole rings is 1. The van der Waals surface area contributed by atoms with Gasteiger partial charge in [0.05, 0.1) is 11.2 Å². The summed E-state index contributed by atoms with van der Waals surface area (Å²) in [5.74, 6) is 0.396. The number of hydrogen-bond acceptors (Lipinski definition) is 8. The molecule has 4 aromatic heterocycles. The highest BCUT2D eigenvalue weighted by atomic mass is 32.1. The molecule has 1 aliphatic heterocycles. The van der Waals surface area contributed by atoms with Crippen LogP contribution in [0.1, 0.15) is 32.7 Å². The molecule has 1 saturated heterocycles. The number of anilines is 2. The van der Waals surface area contributed by atoms with Crippen molar-refractivity contribution in [3.05, 3.63) is 50.9 Å². The molecule has 4 aromatic rings. The van der Waals surface area contributed by atoms with Gasteiger partial charge < -0.3 is 14.8 Å². The highest BCUT2D eigenvalue weighted by Crippen LogP contribution is 2.27. The Labute approximate surface area is 204 Å². The smallest absolute Gasteiger partial charge is 0.331 e. The zero-order valence-corrected chi connectivity index (χ0v) is 20.7. The van der Waals surface area contributed by atoms with Crippen LogP contribution in [-0.4, -0.2) is 47.1 Å². The first-order valence-electron chi connectivity index (χ1n) is 11.4. The minimum absolute atomic E-state index is 0.293. The quantitative estimate of drug-likeness (QED) is 0.451. The predicted octanol–water partition coefficient (Wildman–Crippen LogP) is 2.14. The number of carbonyl (C=O) groups excluding carboxylic acids is 1. The Morgan fingerprint density at radius 3 is 2.63 bits per heavy atom. The van der Waals surface area contributed by atoms with Crippen molar-refractivity contribution in [2.75, 3.05) is 16.8 Å². The van der Waals surface area contributed by atoms with Crippen molar-refractivity contribution < 1.29 is 4.79 Å². The zero-order valence-electron chi connectivity index (χ0n) is 19.9. The third-order valence-electron chi connectivity index (χ3n) is 6.61. The lowest BCUT2D eigenvalue weighted by Gasteiger charge is -2.20. The van der Waals surface area contributed by atoms with Crippen LogP contribution in [-0.2, 0) is 18.9 Å². The molecule has 35 heavy (non-hydrogen) atoms. The van der Waals surface area contributed by atoms with E-state index >= 15 is 0 Å². The molecule has 182 valence electrons. The molecule has 0 aromatic carbocycles. The Kier molecular flexibility index (Phi) is 5.75. The molecule has 0 spiro atoms. The lowest BCUT2D eigenvalue weighted by atomic mass is 10.2. The van der Waals surface area contributed by atoms with Gasteiger partial charge in [0.2, 0.25) is 11.9 Å². The minimum Gasteiger partial charge on any atom is -0.338 e. The van der Waals surface area contributed by atoms with E-state index in [0.29, 0.717) is 27.9 Å². The summed E-state index contributed by atoms with van der Waals surface area (Å²) < 4.78 is 4.00. The first-order chi connectivity index (χ1) is 16.8. The van der Waals surface area contributed by atoms with Crippen molar-refractivity contribution >= 4 is 39.4 Å². The number of rotatable bonds is 5. The van der Waals surface area contributed by atoms with E-state index in [-0.39, 0.29) is 5.91 Å². The van der Waals surface area contributed by atoms with Crippen LogP contribution in [0.25, 0.3) is 22.3 Å². The fraction of sp³-hybridized carbons (Fsp3) is 0.391. The van der Waals surface area contributed by atoms with Crippen LogP contribution >= 0.6 is 11.3 Å². The van der Waals surface area contributed by atoms with E-state index in [1.54, 1.807) is 43.2 Å². The number of amides is 1. The summed E-state index contributed by atoms with van der Waals surface area (Å²) in [5.41, 5.74) is 1.35. The monoisotopic (exact) mass is 494 g/mol. The molecule has 1 N–H and O–H groups in total. The zero-order chi connectivity index (χ0) is 24.9. The third kappa shape index (κ3) is 3.93. The first-order valence-corrected chi connectivity index (χ1v) is 12.3. The van der Waals surface area contributed by atoms with Crippen LogP contribution in [0, 0.1) is 0 Å². The maximum absolute atomic E-state index is 13.0. The molecule has 1 aliphatic rings. The van der Waals surface area contributed by atoms with Crippen molar-refractivity contribution in [2.24, 2.45) is 14.1 Å².